The highest BCUT2D eigenvalue weighted by atomic mass is 35.5. The highest BCUT2D eigenvalue weighted by molar-refractivity contribution is 6.32. The van der Waals surface area contributed by atoms with Crippen LogP contribution in [0.5, 0.6) is 11.8 Å². The highest BCUT2D eigenvalue weighted by Crippen LogP contribution is 2.26. The van der Waals surface area contributed by atoms with Gasteiger partial charge in [0.15, 0.2) is 0 Å². The van der Waals surface area contributed by atoms with Crippen LogP contribution in [0.15, 0.2) is 48.5 Å². The van der Waals surface area contributed by atoms with Crippen molar-refractivity contribution in [1.29, 1.82) is 0 Å². The van der Waals surface area contributed by atoms with E-state index in [1.165, 1.54) is 12.1 Å². The number of benzene rings is 2. The van der Waals surface area contributed by atoms with Crippen LogP contribution in [0.25, 0.3) is 0 Å². The fraction of sp³-hybridized carbons (Fsp3) is 0.105. The molecule has 3 aromatic rings. The van der Waals surface area contributed by atoms with Crippen molar-refractivity contribution in [1.82, 2.24) is 9.97 Å². The van der Waals surface area contributed by atoms with Crippen LogP contribution >= 0.6 is 11.6 Å². The zero-order chi connectivity index (χ0) is 20.3. The lowest BCUT2D eigenvalue weighted by atomic mass is 10.2. The molecule has 0 radical (unpaired) electrons. The molecular weight excluding hydrogens is 384 g/mol. The third-order valence-corrected chi connectivity index (χ3v) is 4.01. The fourth-order valence-electron chi connectivity index (χ4n) is 2.45. The molecule has 0 bridgehead atoms. The number of anilines is 1. The summed E-state index contributed by atoms with van der Waals surface area (Å²) in [6, 6.07) is 12.5. The number of aryl methyl sites for hydroxylation is 2. The summed E-state index contributed by atoms with van der Waals surface area (Å²) in [5.74, 6) is 0.0104. The average molecular weight is 399 g/mol. The first kappa shape index (κ1) is 19.2. The third kappa shape index (κ3) is 4.60. The minimum absolute atomic E-state index is 0.0309. The van der Waals surface area contributed by atoms with Gasteiger partial charge in [-0.1, -0.05) is 11.6 Å². The maximum Gasteiger partial charge on any atom is 0.322 e. The Hall–Kier alpha value is -3.52. The van der Waals surface area contributed by atoms with Crippen molar-refractivity contribution >= 4 is 28.9 Å². The maximum absolute atomic E-state index is 12.3. The quantitative estimate of drug-likeness (QED) is 0.493. The Labute approximate surface area is 165 Å². The molecule has 0 saturated carbocycles. The first-order valence-electron chi connectivity index (χ1n) is 8.17. The number of hydrogen-bond acceptors (Lipinski definition) is 6. The van der Waals surface area contributed by atoms with Crippen LogP contribution in [-0.4, -0.2) is 20.8 Å². The molecule has 28 heavy (non-hydrogen) atoms. The first-order valence-corrected chi connectivity index (χ1v) is 8.55. The zero-order valence-electron chi connectivity index (χ0n) is 15.0. The van der Waals surface area contributed by atoms with Gasteiger partial charge in [0.25, 0.3) is 11.6 Å². The molecule has 3 rings (SSSR count). The van der Waals surface area contributed by atoms with E-state index in [1.807, 2.05) is 19.9 Å². The van der Waals surface area contributed by atoms with E-state index in [-0.39, 0.29) is 22.3 Å². The number of halogens is 1. The van der Waals surface area contributed by atoms with E-state index in [2.05, 4.69) is 15.3 Å². The smallest absolute Gasteiger partial charge is 0.322 e. The second-order valence-electron chi connectivity index (χ2n) is 5.94. The molecule has 0 aliphatic heterocycles. The predicted molar refractivity (Wildman–Crippen MR) is 104 cm³/mol. The van der Waals surface area contributed by atoms with Gasteiger partial charge in [-0.2, -0.15) is 0 Å². The summed E-state index contributed by atoms with van der Waals surface area (Å²) >= 11 is 5.76. The number of rotatable bonds is 5. The molecule has 0 fully saturated rings. The Morgan fingerprint density at radius 1 is 1.07 bits per heavy atom. The van der Waals surface area contributed by atoms with Gasteiger partial charge in [0.1, 0.15) is 10.8 Å². The normalized spacial score (nSPS) is 10.4. The van der Waals surface area contributed by atoms with Gasteiger partial charge in [-0.3, -0.25) is 14.9 Å². The molecule has 9 heteroatoms. The summed E-state index contributed by atoms with van der Waals surface area (Å²) in [7, 11) is 0. The Balaban J connectivity index is 1.71. The summed E-state index contributed by atoms with van der Waals surface area (Å²) in [6.07, 6.45) is 0. The molecule has 8 nitrogen and oxygen atoms in total. The van der Waals surface area contributed by atoms with Crippen molar-refractivity contribution in [2.24, 2.45) is 0 Å². The average Bonchev–Trinajstić information content (AvgIpc) is 2.62. The molecule has 0 atom stereocenters. The molecule has 142 valence electrons. The van der Waals surface area contributed by atoms with Gasteiger partial charge < -0.3 is 10.1 Å². The number of carbonyl (C=O) groups is 1. The number of hydrogen-bond donors (Lipinski definition) is 1. The highest BCUT2D eigenvalue weighted by Gasteiger charge is 2.16. The Morgan fingerprint density at radius 3 is 2.32 bits per heavy atom. The molecule has 0 saturated heterocycles. The molecule has 1 amide bonds. The number of ether oxygens (including phenoxy) is 1. The molecule has 0 unspecified atom stereocenters. The number of nitrogens with zero attached hydrogens (tertiary/aromatic N) is 3. The van der Waals surface area contributed by atoms with E-state index in [9.17, 15) is 14.9 Å². The van der Waals surface area contributed by atoms with Crippen molar-refractivity contribution in [2.75, 3.05) is 5.32 Å². The molecule has 1 heterocycles. The van der Waals surface area contributed by atoms with Crippen molar-refractivity contribution in [3.63, 3.8) is 0 Å². The van der Waals surface area contributed by atoms with E-state index in [0.29, 0.717) is 11.4 Å². The van der Waals surface area contributed by atoms with Gasteiger partial charge in [0.05, 0.1) is 4.92 Å². The van der Waals surface area contributed by atoms with Gasteiger partial charge in [0, 0.05) is 28.7 Å². The number of nitrogens with one attached hydrogen (secondary N) is 1. The number of carbonyl (C=O) groups excluding carboxylic acids is 1. The summed E-state index contributed by atoms with van der Waals surface area (Å²) in [4.78, 5) is 31.0. The molecule has 1 aromatic heterocycles. The van der Waals surface area contributed by atoms with Crippen LogP contribution in [0.4, 0.5) is 11.4 Å². The molecule has 0 aliphatic rings. The van der Waals surface area contributed by atoms with Crippen molar-refractivity contribution in [3.8, 4) is 11.8 Å². The molecule has 0 spiro atoms. The standard InChI is InChI=1S/C19H15ClN4O4/c1-11-9-12(2)22-19(21-11)28-15-6-4-14(5-7-15)23-18(25)13-3-8-16(20)17(10-13)24(26)27/h3-10H,1-2H3,(H,23,25). The van der Waals surface area contributed by atoms with E-state index < -0.39 is 10.8 Å². The molecule has 0 aliphatic carbocycles. The van der Waals surface area contributed by atoms with E-state index >= 15 is 0 Å². The SMILES string of the molecule is Cc1cc(C)nc(Oc2ccc(NC(=O)c3ccc(Cl)c([N+](=O)[O-])c3)cc2)n1. The minimum Gasteiger partial charge on any atom is -0.424 e. The van der Waals surface area contributed by atoms with Gasteiger partial charge in [-0.15, -0.1) is 0 Å². The Morgan fingerprint density at radius 2 is 1.71 bits per heavy atom. The van der Waals surface area contributed by atoms with Crippen LogP contribution in [0, 0.1) is 24.0 Å². The maximum atomic E-state index is 12.3. The largest absolute Gasteiger partial charge is 0.424 e. The van der Waals surface area contributed by atoms with Crippen molar-refractivity contribution in [3.05, 3.63) is 80.6 Å². The summed E-state index contributed by atoms with van der Waals surface area (Å²) < 4.78 is 5.62. The summed E-state index contributed by atoms with van der Waals surface area (Å²) in [5, 5.41) is 13.6. The van der Waals surface area contributed by atoms with Crippen LogP contribution < -0.4 is 10.1 Å². The van der Waals surface area contributed by atoms with Crippen LogP contribution in [0.3, 0.4) is 0 Å². The summed E-state index contributed by atoms with van der Waals surface area (Å²) in [6.45, 7) is 3.70. The lowest BCUT2D eigenvalue weighted by Gasteiger charge is -2.08. The Kier molecular flexibility index (Phi) is 5.51. The van der Waals surface area contributed by atoms with E-state index in [4.69, 9.17) is 16.3 Å². The second-order valence-corrected chi connectivity index (χ2v) is 6.34. The number of aromatic nitrogens is 2. The lowest BCUT2D eigenvalue weighted by molar-refractivity contribution is -0.384. The van der Waals surface area contributed by atoms with Crippen LogP contribution in [-0.2, 0) is 0 Å². The monoisotopic (exact) mass is 398 g/mol. The van der Waals surface area contributed by atoms with Gasteiger partial charge in [-0.25, -0.2) is 9.97 Å². The Bertz CT molecular complexity index is 1030. The minimum atomic E-state index is -0.639. The van der Waals surface area contributed by atoms with Gasteiger partial charge in [0.2, 0.25) is 0 Å². The zero-order valence-corrected chi connectivity index (χ0v) is 15.7. The first-order chi connectivity index (χ1) is 13.3. The number of amides is 1. The van der Waals surface area contributed by atoms with Crippen molar-refractivity contribution < 1.29 is 14.5 Å². The van der Waals surface area contributed by atoms with Crippen molar-refractivity contribution in [2.45, 2.75) is 13.8 Å². The lowest BCUT2D eigenvalue weighted by Crippen LogP contribution is -2.12. The topological polar surface area (TPSA) is 107 Å². The molecule has 1 N–H and O–H groups in total. The number of nitro groups is 1. The van der Waals surface area contributed by atoms with Crippen LogP contribution in [0.1, 0.15) is 21.7 Å². The fourth-order valence-corrected chi connectivity index (χ4v) is 2.63. The van der Waals surface area contributed by atoms with Crippen LogP contribution in [0.2, 0.25) is 5.02 Å². The van der Waals surface area contributed by atoms with Gasteiger partial charge in [-0.05, 0) is 56.3 Å². The molecular formula is C19H15ClN4O4. The predicted octanol–water partition coefficient (Wildman–Crippen LogP) is 4.70. The molecule has 2 aromatic carbocycles. The third-order valence-electron chi connectivity index (χ3n) is 3.69. The van der Waals surface area contributed by atoms with E-state index in [0.717, 1.165) is 17.5 Å². The second kappa shape index (κ2) is 8.01. The van der Waals surface area contributed by atoms with E-state index in [1.54, 1.807) is 24.3 Å². The number of nitro benzene ring substituents is 1. The van der Waals surface area contributed by atoms with Gasteiger partial charge >= 0.3 is 6.01 Å². The summed E-state index contributed by atoms with van der Waals surface area (Å²) in [5.41, 5.74) is 1.88.